The molecule has 0 radical (unpaired) electrons. The Bertz CT molecular complexity index is 430. The molecule has 0 aliphatic carbocycles. The molecule has 15 heavy (non-hydrogen) atoms. The third-order valence-electron chi connectivity index (χ3n) is 1.64. The first kappa shape index (κ1) is 10.4. The van der Waals surface area contributed by atoms with Crippen LogP contribution in [0.25, 0.3) is 0 Å². The van der Waals surface area contributed by atoms with Gasteiger partial charge in [-0.3, -0.25) is 4.98 Å². The van der Waals surface area contributed by atoms with Crippen molar-refractivity contribution in [2.45, 2.75) is 10.9 Å². The highest BCUT2D eigenvalue weighted by Crippen LogP contribution is 2.19. The Kier molecular flexibility index (Phi) is 3.52. The number of pyridine rings is 1. The van der Waals surface area contributed by atoms with Gasteiger partial charge in [0.05, 0.1) is 21.3 Å². The van der Waals surface area contributed by atoms with E-state index in [1.165, 1.54) is 10.8 Å². The van der Waals surface area contributed by atoms with Crippen molar-refractivity contribution in [3.05, 3.63) is 42.5 Å². The summed E-state index contributed by atoms with van der Waals surface area (Å²) in [6.45, 7) is 0. The smallest absolute Gasteiger partial charge is 0.178 e. The number of H-pyrrole nitrogens is 1. The van der Waals surface area contributed by atoms with Crippen LogP contribution in [0.1, 0.15) is 5.69 Å². The van der Waals surface area contributed by atoms with Gasteiger partial charge in [0.1, 0.15) is 0 Å². The third-order valence-corrected chi connectivity index (χ3v) is 4.12. The number of hydrogen-bond acceptors (Lipinski definition) is 4. The van der Waals surface area contributed by atoms with Crippen molar-refractivity contribution in [1.82, 2.24) is 15.0 Å². The molecule has 1 unspecified atom stereocenters. The quantitative estimate of drug-likeness (QED) is 0.826. The molecule has 0 spiro atoms. The van der Waals surface area contributed by atoms with Gasteiger partial charge in [-0.1, -0.05) is 6.07 Å². The highest BCUT2D eigenvalue weighted by molar-refractivity contribution is 8.68. The molecule has 0 amide bonds. The second kappa shape index (κ2) is 5.09. The molecule has 4 nitrogen and oxygen atoms in total. The fourth-order valence-corrected chi connectivity index (χ4v) is 3.23. The van der Waals surface area contributed by atoms with Gasteiger partial charge in [0.15, 0.2) is 5.16 Å². The van der Waals surface area contributed by atoms with Gasteiger partial charge in [0, 0.05) is 29.4 Å². The lowest BCUT2D eigenvalue weighted by Gasteiger charge is -1.98. The van der Waals surface area contributed by atoms with Gasteiger partial charge >= 0.3 is 0 Å². The summed E-state index contributed by atoms with van der Waals surface area (Å²) in [5, 5.41) is 0.671. The summed E-state index contributed by atoms with van der Waals surface area (Å²) in [7, 11) is 0.171. The van der Waals surface area contributed by atoms with Crippen LogP contribution in [-0.2, 0) is 15.6 Å². The molecule has 0 aromatic carbocycles. The normalized spacial score (nSPS) is 12.5. The molecule has 2 rings (SSSR count). The second-order valence-corrected chi connectivity index (χ2v) is 5.81. The minimum atomic E-state index is -1.04. The molecule has 0 saturated carbocycles. The van der Waals surface area contributed by atoms with E-state index in [2.05, 4.69) is 15.0 Å². The molecular formula is C9H9N3OS2. The maximum absolute atomic E-state index is 11.7. The zero-order chi connectivity index (χ0) is 10.5. The number of hydrogen-bond donors (Lipinski definition) is 1. The number of imidazole rings is 1. The lowest BCUT2D eigenvalue weighted by molar-refractivity contribution is 0.690. The van der Waals surface area contributed by atoms with Crippen LogP contribution < -0.4 is 0 Å². The van der Waals surface area contributed by atoms with Crippen molar-refractivity contribution in [2.75, 3.05) is 0 Å². The van der Waals surface area contributed by atoms with E-state index in [-0.39, 0.29) is 0 Å². The van der Waals surface area contributed by atoms with Crippen LogP contribution in [0, 0.1) is 0 Å². The van der Waals surface area contributed by atoms with Crippen LogP contribution in [0.4, 0.5) is 0 Å². The Morgan fingerprint density at radius 2 is 2.27 bits per heavy atom. The van der Waals surface area contributed by atoms with Gasteiger partial charge in [-0.25, -0.2) is 9.19 Å². The van der Waals surface area contributed by atoms with Crippen LogP contribution in [0.2, 0.25) is 0 Å². The van der Waals surface area contributed by atoms with Crippen LogP contribution in [-0.4, -0.2) is 19.2 Å². The minimum absolute atomic E-state index is 0.437. The Balaban J connectivity index is 1.94. The van der Waals surface area contributed by atoms with Crippen LogP contribution in [0.15, 0.2) is 41.9 Å². The third kappa shape index (κ3) is 3.17. The predicted molar refractivity (Wildman–Crippen MR) is 60.5 cm³/mol. The maximum atomic E-state index is 11.7. The zero-order valence-electron chi connectivity index (χ0n) is 7.79. The standard InChI is InChI=1S/C9H9N3OS2/c13-15(14-9-11-5-6-12-9)7-8-3-1-2-4-10-8/h1-6H,7H2,(H,11,12). The average molecular weight is 239 g/mol. The van der Waals surface area contributed by atoms with Gasteiger partial charge in [-0.15, -0.1) is 0 Å². The first-order valence-electron chi connectivity index (χ1n) is 4.30. The largest absolute Gasteiger partial charge is 0.339 e. The summed E-state index contributed by atoms with van der Waals surface area (Å²) < 4.78 is 11.7. The molecular weight excluding hydrogens is 230 g/mol. The van der Waals surface area contributed by atoms with Crippen molar-refractivity contribution >= 4 is 20.6 Å². The number of rotatable bonds is 4. The van der Waals surface area contributed by atoms with Crippen molar-refractivity contribution in [2.24, 2.45) is 0 Å². The molecule has 0 aliphatic rings. The van der Waals surface area contributed by atoms with E-state index in [0.29, 0.717) is 10.9 Å². The molecule has 78 valence electrons. The Labute approximate surface area is 93.4 Å². The van der Waals surface area contributed by atoms with Gasteiger partial charge in [-0.05, 0) is 12.1 Å². The number of nitrogens with one attached hydrogen (secondary N) is 1. The lowest BCUT2D eigenvalue weighted by atomic mass is 10.4. The van der Waals surface area contributed by atoms with Gasteiger partial charge < -0.3 is 4.98 Å². The molecule has 1 N–H and O–H groups in total. The second-order valence-electron chi connectivity index (χ2n) is 2.75. The number of nitrogens with zero attached hydrogens (tertiary/aromatic N) is 2. The SMILES string of the molecule is O=S(Cc1ccccn1)Sc1ncc[nH]1. The van der Waals surface area contributed by atoms with Crippen LogP contribution in [0.5, 0.6) is 0 Å². The van der Waals surface area contributed by atoms with Crippen molar-refractivity contribution in [1.29, 1.82) is 0 Å². The van der Waals surface area contributed by atoms with E-state index < -0.39 is 9.83 Å². The highest BCUT2D eigenvalue weighted by Gasteiger charge is 2.06. The van der Waals surface area contributed by atoms with Gasteiger partial charge in [0.2, 0.25) is 0 Å². The van der Waals surface area contributed by atoms with Gasteiger partial charge in [-0.2, -0.15) is 0 Å². The summed E-state index contributed by atoms with van der Waals surface area (Å²) in [4.78, 5) is 11.0. The zero-order valence-corrected chi connectivity index (χ0v) is 9.42. The summed E-state index contributed by atoms with van der Waals surface area (Å²) in [6, 6.07) is 5.59. The monoisotopic (exact) mass is 239 g/mol. The Morgan fingerprint density at radius 3 is 2.93 bits per heavy atom. The van der Waals surface area contributed by atoms with E-state index in [9.17, 15) is 4.21 Å². The van der Waals surface area contributed by atoms with Crippen LogP contribution >= 0.6 is 10.8 Å². The number of aromatic amines is 1. The highest BCUT2D eigenvalue weighted by atomic mass is 33.1. The molecule has 0 saturated heterocycles. The topological polar surface area (TPSA) is 58.6 Å². The Hall–Kier alpha value is -1.14. The van der Waals surface area contributed by atoms with Gasteiger partial charge in [0.25, 0.3) is 0 Å². The van der Waals surface area contributed by atoms with Crippen molar-refractivity contribution in [3.63, 3.8) is 0 Å². The molecule has 0 bridgehead atoms. The fraction of sp³-hybridized carbons (Fsp3) is 0.111. The molecule has 2 aromatic heterocycles. The predicted octanol–water partition coefficient (Wildman–Crippen LogP) is 1.76. The van der Waals surface area contributed by atoms with E-state index >= 15 is 0 Å². The molecule has 2 aromatic rings. The fourth-order valence-electron chi connectivity index (χ4n) is 1.02. The van der Waals surface area contributed by atoms with E-state index in [4.69, 9.17) is 0 Å². The maximum Gasteiger partial charge on any atom is 0.178 e. The van der Waals surface area contributed by atoms with E-state index in [1.807, 2.05) is 18.2 Å². The first-order valence-corrected chi connectivity index (χ1v) is 6.96. The van der Waals surface area contributed by atoms with E-state index in [1.54, 1.807) is 18.6 Å². The number of aromatic nitrogens is 3. The molecule has 1 atom stereocenters. The molecule has 6 heteroatoms. The lowest BCUT2D eigenvalue weighted by Crippen LogP contribution is -1.93. The minimum Gasteiger partial charge on any atom is -0.339 e. The van der Waals surface area contributed by atoms with Crippen molar-refractivity contribution < 1.29 is 4.21 Å². The van der Waals surface area contributed by atoms with Crippen LogP contribution in [0.3, 0.4) is 0 Å². The molecule has 2 heterocycles. The van der Waals surface area contributed by atoms with E-state index in [0.717, 1.165) is 5.69 Å². The first-order chi connectivity index (χ1) is 7.34. The molecule has 0 aliphatic heterocycles. The summed E-state index contributed by atoms with van der Waals surface area (Å²) in [5.74, 6) is 0.437. The summed E-state index contributed by atoms with van der Waals surface area (Å²) in [5.41, 5.74) is 0.829. The Morgan fingerprint density at radius 1 is 1.33 bits per heavy atom. The summed E-state index contributed by atoms with van der Waals surface area (Å²) in [6.07, 6.45) is 5.05. The molecule has 0 fully saturated rings. The van der Waals surface area contributed by atoms with Crippen molar-refractivity contribution in [3.8, 4) is 0 Å². The average Bonchev–Trinajstić information content (AvgIpc) is 2.71. The summed E-state index contributed by atoms with van der Waals surface area (Å²) >= 11 is 0.